The third-order valence-electron chi connectivity index (χ3n) is 5.09. The van der Waals surface area contributed by atoms with Crippen molar-refractivity contribution >= 4 is 33.2 Å². The summed E-state index contributed by atoms with van der Waals surface area (Å²) in [6.07, 6.45) is -4.53. The number of amides is 1. The molecule has 7 nitrogen and oxygen atoms in total. The van der Waals surface area contributed by atoms with Gasteiger partial charge in [-0.15, -0.1) is 0 Å². The van der Waals surface area contributed by atoms with E-state index in [2.05, 4.69) is 5.32 Å². The van der Waals surface area contributed by atoms with Crippen LogP contribution in [0.3, 0.4) is 0 Å². The lowest BCUT2D eigenvalue weighted by molar-refractivity contribution is -0.137. The van der Waals surface area contributed by atoms with E-state index in [0.717, 1.165) is 16.4 Å². The van der Waals surface area contributed by atoms with Crippen LogP contribution >= 0.6 is 11.6 Å². The maximum absolute atomic E-state index is 13.5. The summed E-state index contributed by atoms with van der Waals surface area (Å²) < 4.78 is 77.2. The van der Waals surface area contributed by atoms with Gasteiger partial charge >= 0.3 is 6.18 Å². The highest BCUT2D eigenvalue weighted by Crippen LogP contribution is 2.33. The number of nitrogens with one attached hydrogen (secondary N) is 1. The van der Waals surface area contributed by atoms with Crippen LogP contribution in [0.4, 0.5) is 18.9 Å². The van der Waals surface area contributed by atoms with Gasteiger partial charge in [-0.2, -0.15) is 13.2 Å². The van der Waals surface area contributed by atoms with Gasteiger partial charge in [0, 0.05) is 17.6 Å². The highest BCUT2D eigenvalue weighted by Gasteiger charge is 2.31. The van der Waals surface area contributed by atoms with E-state index in [-0.39, 0.29) is 28.4 Å². The first-order valence-corrected chi connectivity index (χ1v) is 12.2. The second-order valence-corrected chi connectivity index (χ2v) is 9.78. The number of carbonyl (C=O) groups excluding carboxylic acids is 1. The molecule has 0 radical (unpaired) electrons. The van der Waals surface area contributed by atoms with Crippen molar-refractivity contribution in [3.63, 3.8) is 0 Å². The predicted octanol–water partition coefficient (Wildman–Crippen LogP) is 4.89. The molecule has 3 rings (SSSR count). The number of halogens is 4. The summed E-state index contributed by atoms with van der Waals surface area (Å²) in [6.45, 7) is -0.870. The molecule has 0 heterocycles. The fourth-order valence-corrected chi connectivity index (χ4v) is 4.83. The number of ether oxygens (including phenoxy) is 2. The molecule has 192 valence electrons. The number of hydrogen-bond acceptors (Lipinski definition) is 5. The van der Waals surface area contributed by atoms with Gasteiger partial charge in [-0.05, 0) is 54.1 Å². The molecule has 0 spiro atoms. The summed E-state index contributed by atoms with van der Waals surface area (Å²) >= 11 is 5.93. The molecule has 0 aliphatic heterocycles. The van der Waals surface area contributed by atoms with Gasteiger partial charge in [0.15, 0.2) is 11.5 Å². The van der Waals surface area contributed by atoms with E-state index in [4.69, 9.17) is 21.1 Å². The summed E-state index contributed by atoms with van der Waals surface area (Å²) in [5, 5.41) is 2.83. The molecular formula is C24H22ClF3N2O5S. The van der Waals surface area contributed by atoms with Crippen molar-refractivity contribution in [1.29, 1.82) is 0 Å². The van der Waals surface area contributed by atoms with Crippen LogP contribution in [0.15, 0.2) is 71.6 Å². The molecule has 3 aromatic rings. The van der Waals surface area contributed by atoms with Gasteiger partial charge in [0.1, 0.15) is 6.54 Å². The van der Waals surface area contributed by atoms with Crippen LogP contribution < -0.4 is 19.1 Å². The lowest BCUT2D eigenvalue weighted by Gasteiger charge is -2.24. The Morgan fingerprint density at radius 3 is 2.25 bits per heavy atom. The van der Waals surface area contributed by atoms with E-state index in [1.165, 1.54) is 68.8 Å². The zero-order valence-corrected chi connectivity index (χ0v) is 20.7. The minimum absolute atomic E-state index is 0.156. The molecule has 12 heteroatoms. The molecule has 0 atom stereocenters. The van der Waals surface area contributed by atoms with E-state index in [0.29, 0.717) is 10.8 Å². The molecule has 0 aliphatic carbocycles. The maximum atomic E-state index is 13.5. The Bertz CT molecular complexity index is 1330. The number of benzene rings is 3. The summed E-state index contributed by atoms with van der Waals surface area (Å²) in [7, 11) is -1.53. The van der Waals surface area contributed by atoms with Gasteiger partial charge in [0.25, 0.3) is 10.0 Å². The summed E-state index contributed by atoms with van der Waals surface area (Å²) in [4.78, 5) is 12.6. The Labute approximate surface area is 211 Å². The normalized spacial score (nSPS) is 11.6. The van der Waals surface area contributed by atoms with Crippen molar-refractivity contribution in [1.82, 2.24) is 5.32 Å². The standard InChI is InChI=1S/C24H22ClF3N2O5S/c1-34-21-11-10-20(13-22(21)35-2)36(32,33)30(19-8-6-18(25)7-9-19)15-23(31)29-14-16-4-3-5-17(12-16)24(26,27)28/h3-13H,14-15H2,1-2H3,(H,29,31). The highest BCUT2D eigenvalue weighted by atomic mass is 35.5. The van der Waals surface area contributed by atoms with Crippen molar-refractivity contribution in [2.24, 2.45) is 0 Å². The number of sulfonamides is 1. The Balaban J connectivity index is 1.88. The third kappa shape index (κ3) is 6.41. The third-order valence-corrected chi connectivity index (χ3v) is 7.11. The number of hydrogen-bond donors (Lipinski definition) is 1. The van der Waals surface area contributed by atoms with E-state index in [9.17, 15) is 26.4 Å². The zero-order chi connectivity index (χ0) is 26.5. The van der Waals surface area contributed by atoms with Gasteiger partial charge in [0.05, 0.1) is 30.4 Å². The topological polar surface area (TPSA) is 84.9 Å². The van der Waals surface area contributed by atoms with E-state index in [1.54, 1.807) is 0 Å². The quantitative estimate of drug-likeness (QED) is 0.416. The average molecular weight is 543 g/mol. The van der Waals surface area contributed by atoms with Crippen molar-refractivity contribution in [3.8, 4) is 11.5 Å². The van der Waals surface area contributed by atoms with Gasteiger partial charge < -0.3 is 14.8 Å². The fourth-order valence-electron chi connectivity index (χ4n) is 3.27. The van der Waals surface area contributed by atoms with E-state index in [1.807, 2.05) is 0 Å². The summed E-state index contributed by atoms with van der Waals surface area (Å²) in [5.41, 5.74) is -0.490. The van der Waals surface area contributed by atoms with Crippen molar-refractivity contribution in [2.75, 3.05) is 25.1 Å². The maximum Gasteiger partial charge on any atom is 0.416 e. The van der Waals surface area contributed by atoms with Crippen LogP contribution in [0, 0.1) is 0 Å². The molecule has 0 saturated carbocycles. The molecule has 0 fully saturated rings. The SMILES string of the molecule is COc1ccc(S(=O)(=O)N(CC(=O)NCc2cccc(C(F)(F)F)c2)c2ccc(Cl)cc2)cc1OC. The fraction of sp³-hybridized carbons (Fsp3) is 0.208. The Morgan fingerprint density at radius 2 is 1.64 bits per heavy atom. The minimum atomic E-state index is -4.53. The molecule has 3 aromatic carbocycles. The van der Waals surface area contributed by atoms with Crippen LogP contribution in [0.1, 0.15) is 11.1 Å². The molecule has 36 heavy (non-hydrogen) atoms. The van der Waals surface area contributed by atoms with Crippen molar-refractivity contribution < 1.29 is 35.9 Å². The first-order valence-electron chi connectivity index (χ1n) is 10.4. The first kappa shape index (κ1) is 27.2. The van der Waals surface area contributed by atoms with Gasteiger partial charge in [0.2, 0.25) is 5.91 Å². The smallest absolute Gasteiger partial charge is 0.416 e. The molecule has 0 saturated heterocycles. The van der Waals surface area contributed by atoms with Gasteiger partial charge in [-0.25, -0.2) is 8.42 Å². The number of rotatable bonds is 9. The molecular weight excluding hydrogens is 521 g/mol. The first-order chi connectivity index (χ1) is 17.0. The molecule has 0 unspecified atom stereocenters. The summed E-state index contributed by atoms with van der Waals surface area (Å²) in [5.74, 6) is -0.247. The van der Waals surface area contributed by atoms with Crippen LogP contribution in [0.25, 0.3) is 0 Å². The molecule has 0 bridgehead atoms. The molecule has 0 aliphatic rings. The predicted molar refractivity (Wildman–Crippen MR) is 129 cm³/mol. The molecule has 1 amide bonds. The van der Waals surface area contributed by atoms with E-state index < -0.39 is 34.2 Å². The van der Waals surface area contributed by atoms with Crippen LogP contribution in [0.5, 0.6) is 11.5 Å². The number of nitrogens with zero attached hydrogens (tertiary/aromatic N) is 1. The Hall–Kier alpha value is -3.44. The molecule has 1 N–H and O–H groups in total. The highest BCUT2D eigenvalue weighted by molar-refractivity contribution is 7.92. The average Bonchev–Trinajstić information content (AvgIpc) is 2.85. The van der Waals surface area contributed by atoms with E-state index >= 15 is 0 Å². The summed E-state index contributed by atoms with van der Waals surface area (Å²) in [6, 6.07) is 14.3. The Kier molecular flexibility index (Phi) is 8.36. The monoisotopic (exact) mass is 542 g/mol. The van der Waals surface area contributed by atoms with Crippen molar-refractivity contribution in [2.45, 2.75) is 17.6 Å². The van der Waals surface area contributed by atoms with Crippen LogP contribution in [0.2, 0.25) is 5.02 Å². The Morgan fingerprint density at radius 1 is 0.972 bits per heavy atom. The number of methoxy groups -OCH3 is 2. The minimum Gasteiger partial charge on any atom is -0.493 e. The van der Waals surface area contributed by atoms with Crippen molar-refractivity contribution in [3.05, 3.63) is 82.9 Å². The van der Waals surface area contributed by atoms with Gasteiger partial charge in [-0.3, -0.25) is 9.10 Å². The lowest BCUT2D eigenvalue weighted by Crippen LogP contribution is -2.40. The number of carbonyl (C=O) groups is 1. The number of anilines is 1. The lowest BCUT2D eigenvalue weighted by atomic mass is 10.1. The molecule has 0 aromatic heterocycles. The largest absolute Gasteiger partial charge is 0.493 e. The van der Waals surface area contributed by atoms with Crippen LogP contribution in [-0.2, 0) is 27.5 Å². The van der Waals surface area contributed by atoms with Crippen LogP contribution in [-0.4, -0.2) is 35.1 Å². The zero-order valence-electron chi connectivity index (χ0n) is 19.2. The van der Waals surface area contributed by atoms with Gasteiger partial charge in [-0.1, -0.05) is 23.7 Å². The second-order valence-electron chi connectivity index (χ2n) is 7.48. The second kappa shape index (κ2) is 11.1. The number of alkyl halides is 3.